The second-order valence-electron chi connectivity index (χ2n) is 11.3. The number of aromatic nitrogens is 1. The molecule has 0 radical (unpaired) electrons. The van der Waals surface area contributed by atoms with Crippen molar-refractivity contribution in [1.29, 1.82) is 0 Å². The molecular formula is C32H38N2O4. The molecule has 2 aromatic carbocycles. The standard InChI is InChI=1S/C32H38N2O4/c1-32(2,3)31-24-28(33-38-31)23-29(35)22-27-12-10-25(11-13-27)8-9-26-14-16-30(17-15-26)37-21-7-20-34(36)18-5-4-6-19-34/h10-17,24H,4-7,18-23H2,1-3H3. The van der Waals surface area contributed by atoms with Crippen molar-refractivity contribution in [3.05, 3.63) is 87.9 Å². The molecule has 3 aromatic rings. The minimum absolute atomic E-state index is 0.0591. The monoisotopic (exact) mass is 514 g/mol. The molecule has 200 valence electrons. The van der Waals surface area contributed by atoms with Crippen molar-refractivity contribution in [2.45, 2.75) is 64.7 Å². The molecule has 1 aliphatic heterocycles. The Bertz CT molecular complexity index is 1250. The van der Waals surface area contributed by atoms with Crippen LogP contribution < -0.4 is 4.74 Å². The fourth-order valence-corrected chi connectivity index (χ4v) is 4.58. The van der Waals surface area contributed by atoms with Crippen LogP contribution in [0.2, 0.25) is 0 Å². The number of Topliss-reactive ketones (excluding diaryl/α,β-unsaturated/α-hetero) is 1. The minimum atomic E-state index is -0.128. The Hall–Kier alpha value is -3.40. The molecule has 38 heavy (non-hydrogen) atoms. The lowest BCUT2D eigenvalue weighted by Gasteiger charge is -2.45. The normalized spacial score (nSPS) is 14.9. The minimum Gasteiger partial charge on any atom is -0.633 e. The largest absolute Gasteiger partial charge is 0.633 e. The number of hydrogen-bond donors (Lipinski definition) is 0. The molecule has 2 heterocycles. The molecule has 0 aliphatic carbocycles. The van der Waals surface area contributed by atoms with Gasteiger partial charge in [0.05, 0.1) is 38.4 Å². The molecule has 0 N–H and O–H groups in total. The summed E-state index contributed by atoms with van der Waals surface area (Å²) in [6.07, 6.45) is 4.65. The molecule has 0 amide bonds. The van der Waals surface area contributed by atoms with E-state index >= 15 is 0 Å². The van der Waals surface area contributed by atoms with E-state index in [9.17, 15) is 10.0 Å². The Kier molecular flexibility index (Phi) is 9.04. The zero-order valence-corrected chi connectivity index (χ0v) is 22.8. The van der Waals surface area contributed by atoms with E-state index in [-0.39, 0.29) is 22.3 Å². The average Bonchev–Trinajstić information content (AvgIpc) is 3.36. The number of piperidine rings is 1. The van der Waals surface area contributed by atoms with Gasteiger partial charge in [0.1, 0.15) is 17.3 Å². The third-order valence-electron chi connectivity index (χ3n) is 6.85. The van der Waals surface area contributed by atoms with E-state index in [2.05, 4.69) is 37.8 Å². The number of ether oxygens (including phenoxy) is 1. The summed E-state index contributed by atoms with van der Waals surface area (Å²) < 4.78 is 11.1. The zero-order valence-electron chi connectivity index (χ0n) is 22.8. The van der Waals surface area contributed by atoms with Gasteiger partial charge in [-0.25, -0.2) is 0 Å². The fraction of sp³-hybridized carbons (Fsp3) is 0.438. The highest BCUT2D eigenvalue weighted by Gasteiger charge is 2.21. The Morgan fingerprint density at radius 1 is 0.974 bits per heavy atom. The van der Waals surface area contributed by atoms with Gasteiger partial charge in [0.15, 0.2) is 0 Å². The van der Waals surface area contributed by atoms with Crippen LogP contribution >= 0.6 is 0 Å². The van der Waals surface area contributed by atoms with Gasteiger partial charge in [0, 0.05) is 35.4 Å². The van der Waals surface area contributed by atoms with E-state index in [0.717, 1.165) is 60.6 Å². The summed E-state index contributed by atoms with van der Waals surface area (Å²) in [6, 6.07) is 17.4. The van der Waals surface area contributed by atoms with E-state index in [0.29, 0.717) is 25.3 Å². The van der Waals surface area contributed by atoms with Crippen LogP contribution in [0, 0.1) is 17.0 Å². The molecule has 0 saturated carbocycles. The number of rotatable bonds is 9. The number of hydroxylamine groups is 3. The first-order valence-electron chi connectivity index (χ1n) is 13.6. The highest BCUT2D eigenvalue weighted by molar-refractivity contribution is 5.82. The molecule has 0 unspecified atom stereocenters. The molecule has 6 heteroatoms. The first kappa shape index (κ1) is 27.6. The number of quaternary nitrogens is 1. The van der Waals surface area contributed by atoms with Crippen molar-refractivity contribution in [1.82, 2.24) is 5.16 Å². The molecule has 1 saturated heterocycles. The highest BCUT2D eigenvalue weighted by Crippen LogP contribution is 2.23. The van der Waals surface area contributed by atoms with Gasteiger partial charge in [-0.05, 0) is 61.2 Å². The Morgan fingerprint density at radius 3 is 2.21 bits per heavy atom. The van der Waals surface area contributed by atoms with Crippen LogP contribution in [0.3, 0.4) is 0 Å². The number of hydrogen-bond acceptors (Lipinski definition) is 5. The van der Waals surface area contributed by atoms with E-state index < -0.39 is 0 Å². The lowest BCUT2D eigenvalue weighted by atomic mass is 9.93. The maximum Gasteiger partial charge on any atom is 0.143 e. The van der Waals surface area contributed by atoms with Gasteiger partial charge in [-0.15, -0.1) is 0 Å². The summed E-state index contributed by atoms with van der Waals surface area (Å²) in [6.45, 7) is 8.84. The maximum absolute atomic E-state index is 12.6. The Balaban J connectivity index is 1.22. The zero-order chi connectivity index (χ0) is 27.0. The molecule has 0 atom stereocenters. The highest BCUT2D eigenvalue weighted by atomic mass is 16.5. The average molecular weight is 515 g/mol. The first-order valence-corrected chi connectivity index (χ1v) is 13.6. The number of nitrogens with zero attached hydrogens (tertiary/aromatic N) is 2. The predicted octanol–water partition coefficient (Wildman–Crippen LogP) is 5.99. The molecule has 0 bridgehead atoms. The van der Waals surface area contributed by atoms with Gasteiger partial charge >= 0.3 is 0 Å². The van der Waals surface area contributed by atoms with Gasteiger partial charge in [0.2, 0.25) is 0 Å². The summed E-state index contributed by atoms with van der Waals surface area (Å²) in [5.74, 6) is 8.03. The van der Waals surface area contributed by atoms with Crippen LogP contribution in [-0.2, 0) is 23.1 Å². The lowest BCUT2D eigenvalue weighted by Crippen LogP contribution is -2.47. The van der Waals surface area contributed by atoms with Crippen LogP contribution in [0.25, 0.3) is 0 Å². The van der Waals surface area contributed by atoms with Crippen molar-refractivity contribution in [3.63, 3.8) is 0 Å². The first-order chi connectivity index (χ1) is 18.2. The number of carbonyl (C=O) groups is 1. The van der Waals surface area contributed by atoms with E-state index in [4.69, 9.17) is 9.26 Å². The summed E-state index contributed by atoms with van der Waals surface area (Å²) in [5.41, 5.74) is 3.29. The van der Waals surface area contributed by atoms with Crippen molar-refractivity contribution in [2.24, 2.45) is 0 Å². The number of likely N-dealkylation sites (tertiary alicyclic amines) is 1. The number of carbonyl (C=O) groups excluding carboxylic acids is 1. The van der Waals surface area contributed by atoms with Crippen LogP contribution in [0.1, 0.15) is 74.6 Å². The Morgan fingerprint density at radius 2 is 1.61 bits per heavy atom. The lowest BCUT2D eigenvalue weighted by molar-refractivity contribution is -0.885. The van der Waals surface area contributed by atoms with E-state index in [1.807, 2.05) is 54.6 Å². The van der Waals surface area contributed by atoms with Crippen LogP contribution in [0.4, 0.5) is 0 Å². The van der Waals surface area contributed by atoms with Crippen molar-refractivity contribution >= 4 is 5.78 Å². The van der Waals surface area contributed by atoms with Crippen LogP contribution in [0.5, 0.6) is 5.75 Å². The Labute approximate surface area is 226 Å². The molecule has 0 spiro atoms. The van der Waals surface area contributed by atoms with Crippen molar-refractivity contribution < 1.29 is 18.7 Å². The summed E-state index contributed by atoms with van der Waals surface area (Å²) >= 11 is 0. The second kappa shape index (κ2) is 12.4. The smallest absolute Gasteiger partial charge is 0.143 e. The summed E-state index contributed by atoms with van der Waals surface area (Å²) in [4.78, 5) is 12.5. The topological polar surface area (TPSA) is 75.4 Å². The second-order valence-corrected chi connectivity index (χ2v) is 11.3. The van der Waals surface area contributed by atoms with Gasteiger partial charge in [-0.1, -0.05) is 49.9 Å². The number of benzene rings is 2. The van der Waals surface area contributed by atoms with Gasteiger partial charge in [-0.2, -0.15) is 0 Å². The molecular weight excluding hydrogens is 476 g/mol. The number of ketones is 1. The quantitative estimate of drug-likeness (QED) is 0.152. The predicted molar refractivity (Wildman–Crippen MR) is 149 cm³/mol. The van der Waals surface area contributed by atoms with Crippen molar-refractivity contribution in [3.8, 4) is 17.6 Å². The third kappa shape index (κ3) is 8.31. The third-order valence-corrected chi connectivity index (χ3v) is 6.85. The van der Waals surface area contributed by atoms with E-state index in [1.165, 1.54) is 6.42 Å². The SMILES string of the molecule is CC(C)(C)c1cc(CC(=O)Cc2ccc(C#Cc3ccc(OCCC[N+]4([O-])CCCCC4)cc3)cc2)no1. The van der Waals surface area contributed by atoms with Crippen LogP contribution in [-0.4, -0.2) is 41.8 Å². The van der Waals surface area contributed by atoms with Gasteiger partial charge in [0.25, 0.3) is 0 Å². The van der Waals surface area contributed by atoms with Crippen molar-refractivity contribution in [2.75, 3.05) is 26.2 Å². The molecule has 1 aliphatic rings. The van der Waals surface area contributed by atoms with Gasteiger partial charge in [-0.3, -0.25) is 4.79 Å². The summed E-state index contributed by atoms with van der Waals surface area (Å²) in [7, 11) is 0. The molecule has 1 aromatic heterocycles. The summed E-state index contributed by atoms with van der Waals surface area (Å²) in [5, 5.41) is 16.6. The van der Waals surface area contributed by atoms with Gasteiger partial charge < -0.3 is 19.1 Å². The molecule has 4 rings (SSSR count). The van der Waals surface area contributed by atoms with Crippen LogP contribution in [0.15, 0.2) is 59.1 Å². The maximum atomic E-state index is 12.6. The fourth-order valence-electron chi connectivity index (χ4n) is 4.58. The molecule has 6 nitrogen and oxygen atoms in total. The molecule has 1 fully saturated rings. The van der Waals surface area contributed by atoms with E-state index in [1.54, 1.807) is 0 Å².